The molecule has 0 bridgehead atoms. The Morgan fingerprint density at radius 2 is 1.94 bits per heavy atom. The van der Waals surface area contributed by atoms with Crippen molar-refractivity contribution in [1.82, 2.24) is 9.97 Å². The largest absolute Gasteiger partial charge is 0.321 e. The molecule has 6 nitrogen and oxygen atoms in total. The van der Waals surface area contributed by atoms with Crippen LogP contribution in [-0.2, 0) is 4.79 Å². The van der Waals surface area contributed by atoms with Crippen molar-refractivity contribution >= 4 is 67.1 Å². The number of nitrogens with zero attached hydrogens (tertiary/aromatic N) is 2. The molecule has 31 heavy (non-hydrogen) atoms. The molecule has 4 aromatic rings. The number of halogens is 1. The lowest BCUT2D eigenvalue weighted by Gasteiger charge is -2.20. The maximum Gasteiger partial charge on any atom is 0.275 e. The average molecular weight is 471 g/mol. The number of thiazole rings is 2. The smallest absolute Gasteiger partial charge is 0.275 e. The van der Waals surface area contributed by atoms with E-state index in [9.17, 15) is 9.59 Å². The van der Waals surface area contributed by atoms with Crippen LogP contribution in [0.2, 0.25) is 5.02 Å². The van der Waals surface area contributed by atoms with Crippen LogP contribution in [0.15, 0.2) is 53.4 Å². The highest BCUT2D eigenvalue weighted by molar-refractivity contribution is 7.22. The second-order valence-electron chi connectivity index (χ2n) is 7.30. The molecule has 2 amide bonds. The van der Waals surface area contributed by atoms with E-state index in [-0.39, 0.29) is 23.7 Å². The molecular formula is C22H19ClN4O2S2. The standard InChI is InChI=1S/C22H19ClN4O2S2/c1-12(2)19(13-4-3-5-14(23)8-13)21(29)27-22-26-16-7-6-15(9-18(16)31-22)25-20(28)17-10-30-11-24-17/h3-12,19H,1-2H3,(H,25,28)(H,26,27,29). The number of amides is 2. The molecule has 2 N–H and O–H groups in total. The van der Waals surface area contributed by atoms with E-state index in [0.717, 1.165) is 15.8 Å². The Morgan fingerprint density at radius 1 is 1.10 bits per heavy atom. The first-order valence-electron chi connectivity index (χ1n) is 9.57. The third-order valence-electron chi connectivity index (χ3n) is 4.70. The van der Waals surface area contributed by atoms with Gasteiger partial charge in [-0.25, -0.2) is 9.97 Å². The van der Waals surface area contributed by atoms with Crippen LogP contribution in [0.25, 0.3) is 10.2 Å². The van der Waals surface area contributed by atoms with Crippen molar-refractivity contribution < 1.29 is 9.59 Å². The van der Waals surface area contributed by atoms with Crippen molar-refractivity contribution in [2.24, 2.45) is 5.92 Å². The monoisotopic (exact) mass is 470 g/mol. The summed E-state index contributed by atoms with van der Waals surface area (Å²) >= 11 is 8.84. The van der Waals surface area contributed by atoms with Crippen molar-refractivity contribution in [1.29, 1.82) is 0 Å². The summed E-state index contributed by atoms with van der Waals surface area (Å²) in [6.45, 7) is 4.00. The van der Waals surface area contributed by atoms with Crippen LogP contribution >= 0.6 is 34.3 Å². The van der Waals surface area contributed by atoms with Crippen molar-refractivity contribution in [2.45, 2.75) is 19.8 Å². The van der Waals surface area contributed by atoms with Gasteiger partial charge in [-0.2, -0.15) is 0 Å². The van der Waals surface area contributed by atoms with E-state index in [0.29, 0.717) is 21.5 Å². The van der Waals surface area contributed by atoms with Crippen molar-refractivity contribution in [3.63, 3.8) is 0 Å². The van der Waals surface area contributed by atoms with Crippen LogP contribution < -0.4 is 10.6 Å². The molecule has 4 rings (SSSR count). The number of anilines is 2. The number of rotatable bonds is 6. The molecule has 2 aromatic carbocycles. The van der Waals surface area contributed by atoms with Gasteiger partial charge in [0, 0.05) is 16.1 Å². The number of benzene rings is 2. The van der Waals surface area contributed by atoms with Gasteiger partial charge in [0.2, 0.25) is 5.91 Å². The minimum Gasteiger partial charge on any atom is -0.321 e. The van der Waals surface area contributed by atoms with E-state index >= 15 is 0 Å². The van der Waals surface area contributed by atoms with Gasteiger partial charge in [0.1, 0.15) is 5.69 Å². The highest BCUT2D eigenvalue weighted by Crippen LogP contribution is 2.32. The Bertz CT molecular complexity index is 1240. The highest BCUT2D eigenvalue weighted by Gasteiger charge is 2.25. The lowest BCUT2D eigenvalue weighted by molar-refractivity contribution is -0.118. The number of carbonyl (C=O) groups is 2. The summed E-state index contributed by atoms with van der Waals surface area (Å²) in [5, 5.41) is 8.58. The Morgan fingerprint density at radius 3 is 2.65 bits per heavy atom. The SMILES string of the molecule is CC(C)C(C(=O)Nc1nc2ccc(NC(=O)c3cscn3)cc2s1)c1cccc(Cl)c1. The van der Waals surface area contributed by atoms with Gasteiger partial charge in [-0.1, -0.05) is 48.9 Å². The summed E-state index contributed by atoms with van der Waals surface area (Å²) in [5.74, 6) is -0.660. The number of carbonyl (C=O) groups excluding carboxylic acids is 2. The first-order chi connectivity index (χ1) is 14.9. The van der Waals surface area contributed by atoms with Gasteiger partial charge < -0.3 is 10.6 Å². The highest BCUT2D eigenvalue weighted by atomic mass is 35.5. The lowest BCUT2D eigenvalue weighted by atomic mass is 9.88. The Labute approximate surface area is 192 Å². The molecule has 9 heteroatoms. The molecule has 0 saturated carbocycles. The molecule has 0 spiro atoms. The van der Waals surface area contributed by atoms with Crippen molar-refractivity contribution in [3.8, 4) is 0 Å². The fourth-order valence-electron chi connectivity index (χ4n) is 3.30. The Hall–Kier alpha value is -2.81. The maximum atomic E-state index is 13.0. The van der Waals surface area contributed by atoms with Gasteiger partial charge in [-0.05, 0) is 41.8 Å². The predicted molar refractivity (Wildman–Crippen MR) is 127 cm³/mol. The first-order valence-corrected chi connectivity index (χ1v) is 11.7. The summed E-state index contributed by atoms with van der Waals surface area (Å²) < 4.78 is 0.857. The normalized spacial score (nSPS) is 12.1. The average Bonchev–Trinajstić information content (AvgIpc) is 3.37. The van der Waals surface area contributed by atoms with Gasteiger partial charge in [0.15, 0.2) is 5.13 Å². The van der Waals surface area contributed by atoms with Crippen LogP contribution in [0.3, 0.4) is 0 Å². The molecule has 1 atom stereocenters. The molecule has 1 unspecified atom stereocenters. The van der Waals surface area contributed by atoms with Gasteiger partial charge in [0.05, 0.1) is 21.6 Å². The minimum atomic E-state index is -0.348. The molecule has 158 valence electrons. The molecule has 0 saturated heterocycles. The number of nitrogens with one attached hydrogen (secondary N) is 2. The first kappa shape index (κ1) is 21.4. The molecule has 2 heterocycles. The zero-order valence-electron chi connectivity index (χ0n) is 16.8. The van der Waals surface area contributed by atoms with Crippen LogP contribution in [0.5, 0.6) is 0 Å². The number of fused-ring (bicyclic) bond motifs is 1. The number of hydrogen-bond acceptors (Lipinski definition) is 6. The van der Waals surface area contributed by atoms with Crippen LogP contribution in [-0.4, -0.2) is 21.8 Å². The zero-order valence-corrected chi connectivity index (χ0v) is 19.1. The molecule has 0 radical (unpaired) electrons. The summed E-state index contributed by atoms with van der Waals surface area (Å²) in [6.07, 6.45) is 0. The molecule has 0 fully saturated rings. The van der Waals surface area contributed by atoms with E-state index in [1.54, 1.807) is 23.0 Å². The molecular weight excluding hydrogens is 452 g/mol. The fraction of sp³-hybridized carbons (Fsp3) is 0.182. The molecule has 0 aliphatic heterocycles. The Balaban J connectivity index is 1.52. The third-order valence-corrected chi connectivity index (χ3v) is 6.45. The molecule has 2 aromatic heterocycles. The molecule has 0 aliphatic rings. The summed E-state index contributed by atoms with van der Waals surface area (Å²) in [5.41, 5.74) is 4.25. The summed E-state index contributed by atoms with van der Waals surface area (Å²) in [6, 6.07) is 12.8. The fourth-order valence-corrected chi connectivity index (χ4v) is 4.94. The van der Waals surface area contributed by atoms with Crippen molar-refractivity contribution in [3.05, 3.63) is 69.6 Å². The summed E-state index contributed by atoms with van der Waals surface area (Å²) in [4.78, 5) is 33.8. The van der Waals surface area contributed by atoms with Crippen molar-refractivity contribution in [2.75, 3.05) is 10.6 Å². The van der Waals surface area contributed by atoms with E-state index < -0.39 is 0 Å². The van der Waals surface area contributed by atoms with E-state index in [1.807, 2.05) is 44.2 Å². The summed E-state index contributed by atoms with van der Waals surface area (Å²) in [7, 11) is 0. The van der Waals surface area contributed by atoms with E-state index in [2.05, 4.69) is 20.6 Å². The van der Waals surface area contributed by atoms with E-state index in [1.165, 1.54) is 22.7 Å². The third kappa shape index (κ3) is 4.92. The number of hydrogen-bond donors (Lipinski definition) is 2. The second kappa shape index (κ2) is 9.13. The predicted octanol–water partition coefficient (Wildman–Crippen LogP) is 6.04. The maximum absolute atomic E-state index is 13.0. The topological polar surface area (TPSA) is 84.0 Å². The quantitative estimate of drug-likeness (QED) is 0.360. The zero-order chi connectivity index (χ0) is 22.0. The van der Waals surface area contributed by atoms with Gasteiger partial charge in [0.25, 0.3) is 5.91 Å². The van der Waals surface area contributed by atoms with E-state index in [4.69, 9.17) is 11.6 Å². The lowest BCUT2D eigenvalue weighted by Crippen LogP contribution is -2.25. The van der Waals surface area contributed by atoms with Gasteiger partial charge >= 0.3 is 0 Å². The second-order valence-corrected chi connectivity index (χ2v) is 9.48. The van der Waals surface area contributed by atoms with Gasteiger partial charge in [-0.15, -0.1) is 11.3 Å². The van der Waals surface area contributed by atoms with Gasteiger partial charge in [-0.3, -0.25) is 9.59 Å². The Kier molecular flexibility index (Phi) is 6.31. The van der Waals surface area contributed by atoms with Crippen LogP contribution in [0, 0.1) is 5.92 Å². The van der Waals surface area contributed by atoms with Crippen LogP contribution in [0.4, 0.5) is 10.8 Å². The molecule has 0 aliphatic carbocycles. The number of aromatic nitrogens is 2. The van der Waals surface area contributed by atoms with Crippen LogP contribution in [0.1, 0.15) is 35.8 Å². The minimum absolute atomic E-state index is 0.0837.